The van der Waals surface area contributed by atoms with E-state index >= 15 is 0 Å². The van der Waals surface area contributed by atoms with Crippen LogP contribution < -0.4 is 5.32 Å². The van der Waals surface area contributed by atoms with Crippen LogP contribution in [0.15, 0.2) is 15.7 Å². The van der Waals surface area contributed by atoms with Crippen LogP contribution in [0.3, 0.4) is 0 Å². The predicted octanol–water partition coefficient (Wildman–Crippen LogP) is 2.67. The van der Waals surface area contributed by atoms with E-state index in [1.54, 1.807) is 17.4 Å². The van der Waals surface area contributed by atoms with Crippen molar-refractivity contribution < 1.29 is 8.42 Å². The lowest BCUT2D eigenvalue weighted by Crippen LogP contribution is -2.42. The topological polar surface area (TPSA) is 49.4 Å². The van der Waals surface area contributed by atoms with Gasteiger partial charge in [0.15, 0.2) is 0 Å². The highest BCUT2D eigenvalue weighted by Gasteiger charge is 2.33. The molecular formula is C14H24N2O2S2. The molecule has 1 saturated carbocycles. The van der Waals surface area contributed by atoms with Gasteiger partial charge in [0.2, 0.25) is 0 Å². The van der Waals surface area contributed by atoms with Crippen molar-refractivity contribution in [3.63, 3.8) is 0 Å². The third kappa shape index (κ3) is 3.24. The van der Waals surface area contributed by atoms with E-state index in [9.17, 15) is 8.42 Å². The maximum Gasteiger partial charge on any atom is 0.252 e. The van der Waals surface area contributed by atoms with Crippen molar-refractivity contribution in [1.29, 1.82) is 0 Å². The Morgan fingerprint density at radius 2 is 2.10 bits per heavy atom. The maximum absolute atomic E-state index is 12.7. The van der Waals surface area contributed by atoms with Crippen LogP contribution in [-0.2, 0) is 16.6 Å². The predicted molar refractivity (Wildman–Crippen MR) is 83.5 cm³/mol. The van der Waals surface area contributed by atoms with Crippen molar-refractivity contribution in [3.8, 4) is 0 Å². The van der Waals surface area contributed by atoms with Crippen molar-refractivity contribution in [1.82, 2.24) is 9.62 Å². The first-order chi connectivity index (χ1) is 9.46. The molecule has 0 radical (unpaired) electrons. The van der Waals surface area contributed by atoms with Gasteiger partial charge < -0.3 is 5.32 Å². The van der Waals surface area contributed by atoms with Crippen molar-refractivity contribution in [2.75, 3.05) is 14.1 Å². The number of thiophene rings is 1. The summed E-state index contributed by atoms with van der Waals surface area (Å²) in [5.74, 6) is 0.445. The van der Waals surface area contributed by atoms with E-state index < -0.39 is 10.0 Å². The molecule has 0 bridgehead atoms. The SMILES string of the molecule is CNCc1csc(S(=O)(=O)N(C)C2CCCCC2C)c1. The van der Waals surface area contributed by atoms with Gasteiger partial charge in [-0.2, -0.15) is 4.31 Å². The van der Waals surface area contributed by atoms with Crippen LogP contribution in [0, 0.1) is 5.92 Å². The fraction of sp³-hybridized carbons (Fsp3) is 0.714. The van der Waals surface area contributed by atoms with Gasteiger partial charge in [-0.15, -0.1) is 11.3 Å². The van der Waals surface area contributed by atoms with Gasteiger partial charge in [-0.05, 0) is 42.8 Å². The van der Waals surface area contributed by atoms with Crippen LogP contribution in [0.2, 0.25) is 0 Å². The average Bonchev–Trinajstić information content (AvgIpc) is 2.88. The van der Waals surface area contributed by atoms with E-state index in [4.69, 9.17) is 0 Å². The molecule has 2 rings (SSSR count). The lowest BCUT2D eigenvalue weighted by molar-refractivity contribution is 0.213. The first-order valence-electron chi connectivity index (χ1n) is 7.17. The van der Waals surface area contributed by atoms with E-state index in [1.165, 1.54) is 17.8 Å². The van der Waals surface area contributed by atoms with Crippen LogP contribution >= 0.6 is 11.3 Å². The Morgan fingerprint density at radius 3 is 2.75 bits per heavy atom. The standard InChI is InChI=1S/C14H24N2O2S2/c1-11-6-4-5-7-13(11)16(3)20(17,18)14-8-12(9-15-2)10-19-14/h8,10-11,13,15H,4-7,9H2,1-3H3. The van der Waals surface area contributed by atoms with Gasteiger partial charge in [0.1, 0.15) is 4.21 Å². The monoisotopic (exact) mass is 316 g/mol. The molecule has 0 spiro atoms. The Labute approximate surface area is 126 Å². The molecule has 0 aliphatic heterocycles. The average molecular weight is 316 g/mol. The number of hydrogen-bond donors (Lipinski definition) is 1. The van der Waals surface area contributed by atoms with Crippen LogP contribution in [0.25, 0.3) is 0 Å². The quantitative estimate of drug-likeness (QED) is 0.908. The summed E-state index contributed by atoms with van der Waals surface area (Å²) >= 11 is 1.32. The van der Waals surface area contributed by atoms with E-state index in [-0.39, 0.29) is 6.04 Å². The third-order valence-electron chi connectivity index (χ3n) is 4.18. The molecule has 0 saturated heterocycles. The Bertz CT molecular complexity index is 539. The molecule has 0 aromatic carbocycles. The fourth-order valence-electron chi connectivity index (χ4n) is 2.94. The molecule has 4 nitrogen and oxygen atoms in total. The Morgan fingerprint density at radius 1 is 1.40 bits per heavy atom. The second kappa shape index (κ2) is 6.56. The number of nitrogens with one attached hydrogen (secondary N) is 1. The molecule has 1 aliphatic carbocycles. The van der Waals surface area contributed by atoms with E-state index in [2.05, 4.69) is 12.2 Å². The summed E-state index contributed by atoms with van der Waals surface area (Å²) in [5, 5.41) is 4.96. The number of sulfonamides is 1. The van der Waals surface area contributed by atoms with Gasteiger partial charge >= 0.3 is 0 Å². The Balaban J connectivity index is 2.19. The first kappa shape index (κ1) is 15.9. The van der Waals surface area contributed by atoms with Crippen molar-refractivity contribution in [2.24, 2.45) is 5.92 Å². The lowest BCUT2D eigenvalue weighted by atomic mass is 9.86. The van der Waals surface area contributed by atoms with Crippen molar-refractivity contribution >= 4 is 21.4 Å². The minimum atomic E-state index is -3.34. The number of nitrogens with zero attached hydrogens (tertiary/aromatic N) is 1. The zero-order valence-corrected chi connectivity index (χ0v) is 14.1. The highest BCUT2D eigenvalue weighted by Crippen LogP contribution is 2.32. The highest BCUT2D eigenvalue weighted by atomic mass is 32.2. The molecule has 1 N–H and O–H groups in total. The third-order valence-corrected chi connectivity index (χ3v) is 7.52. The number of rotatable bonds is 5. The number of hydrogen-bond acceptors (Lipinski definition) is 4. The molecule has 2 atom stereocenters. The summed E-state index contributed by atoms with van der Waals surface area (Å²) in [6.45, 7) is 2.87. The zero-order valence-electron chi connectivity index (χ0n) is 12.4. The summed E-state index contributed by atoms with van der Waals surface area (Å²) < 4.78 is 27.5. The summed E-state index contributed by atoms with van der Waals surface area (Å²) in [4.78, 5) is 0. The van der Waals surface area contributed by atoms with Gasteiger partial charge in [0.25, 0.3) is 10.0 Å². The van der Waals surface area contributed by atoms with Gasteiger partial charge in [0, 0.05) is 19.6 Å². The smallest absolute Gasteiger partial charge is 0.252 e. The summed E-state index contributed by atoms with van der Waals surface area (Å²) in [6, 6.07) is 1.93. The first-order valence-corrected chi connectivity index (χ1v) is 9.49. The summed E-state index contributed by atoms with van der Waals surface area (Å²) in [7, 11) is 0.253. The molecule has 2 unspecified atom stereocenters. The normalized spacial score (nSPS) is 24.2. The van der Waals surface area contributed by atoms with Crippen LogP contribution in [0.5, 0.6) is 0 Å². The molecule has 1 aromatic heterocycles. The summed E-state index contributed by atoms with van der Waals surface area (Å²) in [6.07, 6.45) is 4.45. The zero-order chi connectivity index (χ0) is 14.8. The Kier molecular flexibility index (Phi) is 5.23. The second-order valence-corrected chi connectivity index (χ2v) is 8.79. The van der Waals surface area contributed by atoms with Crippen molar-refractivity contribution in [3.05, 3.63) is 17.0 Å². The van der Waals surface area contributed by atoms with Gasteiger partial charge in [-0.1, -0.05) is 19.8 Å². The molecule has 1 aliphatic rings. The molecule has 0 amide bonds. The van der Waals surface area contributed by atoms with E-state index in [0.717, 1.165) is 24.8 Å². The minimum Gasteiger partial charge on any atom is -0.316 e. The second-order valence-electron chi connectivity index (χ2n) is 5.65. The van der Waals surface area contributed by atoms with Gasteiger partial charge in [-0.25, -0.2) is 8.42 Å². The molecule has 1 fully saturated rings. The molecule has 6 heteroatoms. The molecule has 1 aromatic rings. The largest absolute Gasteiger partial charge is 0.316 e. The molecule has 20 heavy (non-hydrogen) atoms. The van der Waals surface area contributed by atoms with Crippen LogP contribution in [-0.4, -0.2) is 32.9 Å². The lowest BCUT2D eigenvalue weighted by Gasteiger charge is -2.35. The molecule has 114 valence electrons. The van der Waals surface area contributed by atoms with E-state index in [1.807, 2.05) is 12.4 Å². The van der Waals surface area contributed by atoms with Crippen LogP contribution in [0.1, 0.15) is 38.2 Å². The fourth-order valence-corrected chi connectivity index (χ4v) is 5.82. The van der Waals surface area contributed by atoms with Gasteiger partial charge in [-0.3, -0.25) is 0 Å². The van der Waals surface area contributed by atoms with Gasteiger partial charge in [0.05, 0.1) is 0 Å². The molecule has 1 heterocycles. The highest BCUT2D eigenvalue weighted by molar-refractivity contribution is 7.91. The molecular weight excluding hydrogens is 292 g/mol. The summed E-state index contributed by atoms with van der Waals surface area (Å²) in [5.41, 5.74) is 1.03. The van der Waals surface area contributed by atoms with E-state index in [0.29, 0.717) is 16.7 Å². The van der Waals surface area contributed by atoms with Crippen LogP contribution in [0.4, 0.5) is 0 Å². The minimum absolute atomic E-state index is 0.142. The maximum atomic E-state index is 12.7. The Hall–Kier alpha value is -0.430. The van der Waals surface area contributed by atoms with Crippen molar-refractivity contribution in [2.45, 2.75) is 49.4 Å².